The van der Waals surface area contributed by atoms with Crippen LogP contribution in [0.1, 0.15) is 13.8 Å². The van der Waals surface area contributed by atoms with E-state index in [1.54, 1.807) is 0 Å². The van der Waals surface area contributed by atoms with Crippen molar-refractivity contribution in [1.82, 2.24) is 13.7 Å². The first-order valence-corrected chi connectivity index (χ1v) is 17.2. The van der Waals surface area contributed by atoms with E-state index in [2.05, 4.69) is 192 Å². The largest absolute Gasteiger partial charge is 0.344 e. The van der Waals surface area contributed by atoms with Crippen LogP contribution in [0.5, 0.6) is 0 Å². The number of nitrogens with zero attached hydrogens (tertiary/aromatic N) is 3. The van der Waals surface area contributed by atoms with Crippen LogP contribution in [0, 0.1) is 0 Å². The molecule has 0 aliphatic heterocycles. The van der Waals surface area contributed by atoms with Crippen LogP contribution in [0.3, 0.4) is 0 Å². The normalized spacial score (nSPS) is 11.3. The van der Waals surface area contributed by atoms with Crippen LogP contribution in [0.4, 0.5) is 0 Å². The van der Waals surface area contributed by atoms with Gasteiger partial charge in [0.1, 0.15) is 0 Å². The molecular formula is C46H39N3. The van der Waals surface area contributed by atoms with Gasteiger partial charge < -0.3 is 13.7 Å². The summed E-state index contributed by atoms with van der Waals surface area (Å²) >= 11 is 0. The molecule has 238 valence electrons. The summed E-state index contributed by atoms with van der Waals surface area (Å²) in [5.41, 5.74) is 11.4. The second-order valence-corrected chi connectivity index (χ2v) is 12.3. The molecule has 0 saturated heterocycles. The molecule has 3 aromatic heterocycles. The molecule has 0 saturated carbocycles. The Bertz CT molecular complexity index is 2700. The van der Waals surface area contributed by atoms with Crippen molar-refractivity contribution in [2.75, 3.05) is 0 Å². The number of hydrogen-bond donors (Lipinski definition) is 0. The molecule has 3 heterocycles. The van der Waals surface area contributed by atoms with E-state index in [4.69, 9.17) is 0 Å². The molecule has 10 aromatic rings. The molecule has 3 heteroatoms. The Kier molecular flexibility index (Phi) is 7.74. The van der Waals surface area contributed by atoms with Crippen LogP contribution >= 0.6 is 0 Å². The minimum Gasteiger partial charge on any atom is -0.344 e. The van der Waals surface area contributed by atoms with Crippen molar-refractivity contribution in [3.05, 3.63) is 164 Å². The van der Waals surface area contributed by atoms with E-state index in [-0.39, 0.29) is 0 Å². The highest BCUT2D eigenvalue weighted by Crippen LogP contribution is 2.38. The van der Waals surface area contributed by atoms with Gasteiger partial charge in [0.2, 0.25) is 0 Å². The third kappa shape index (κ3) is 4.89. The van der Waals surface area contributed by atoms with E-state index >= 15 is 0 Å². The van der Waals surface area contributed by atoms with Crippen LogP contribution in [-0.2, 0) is 14.1 Å². The molecule has 0 N–H and O–H groups in total. The maximum atomic E-state index is 2.36. The molecule has 0 fully saturated rings. The fourth-order valence-corrected chi connectivity index (χ4v) is 7.56. The molecule has 10 rings (SSSR count). The minimum atomic E-state index is 1.21. The Labute approximate surface area is 286 Å². The number of fused-ring (bicyclic) bond motifs is 9. The van der Waals surface area contributed by atoms with Crippen molar-refractivity contribution in [3.63, 3.8) is 0 Å². The molecule has 0 aliphatic carbocycles. The first-order chi connectivity index (χ1) is 24.2. The lowest BCUT2D eigenvalue weighted by atomic mass is 9.98. The first kappa shape index (κ1) is 30.3. The summed E-state index contributed by atoms with van der Waals surface area (Å²) in [6.45, 7) is 4.00. The summed E-state index contributed by atoms with van der Waals surface area (Å²) in [5.74, 6) is 0. The van der Waals surface area contributed by atoms with Gasteiger partial charge >= 0.3 is 0 Å². The molecule has 0 aliphatic rings. The zero-order valence-electron chi connectivity index (χ0n) is 28.4. The Balaban J connectivity index is 0.000000145. The third-order valence-corrected chi connectivity index (χ3v) is 9.76. The number of benzene rings is 7. The Morgan fingerprint density at radius 1 is 0.347 bits per heavy atom. The third-order valence-electron chi connectivity index (χ3n) is 9.76. The van der Waals surface area contributed by atoms with Gasteiger partial charge in [-0.05, 0) is 65.7 Å². The van der Waals surface area contributed by atoms with Crippen molar-refractivity contribution in [2.24, 2.45) is 14.1 Å². The molecule has 0 spiro atoms. The summed E-state index contributed by atoms with van der Waals surface area (Å²) in [6, 6.07) is 58.5. The molecule has 0 atom stereocenters. The average Bonchev–Trinajstić information content (AvgIpc) is 3.78. The van der Waals surface area contributed by atoms with E-state index < -0.39 is 0 Å². The van der Waals surface area contributed by atoms with E-state index in [0.717, 1.165) is 0 Å². The van der Waals surface area contributed by atoms with Gasteiger partial charge in [-0.1, -0.05) is 123 Å². The van der Waals surface area contributed by atoms with Crippen molar-refractivity contribution in [2.45, 2.75) is 13.8 Å². The molecule has 3 nitrogen and oxygen atoms in total. The highest BCUT2D eigenvalue weighted by atomic mass is 15.0. The maximum Gasteiger partial charge on any atom is 0.0541 e. The molecule has 0 unspecified atom stereocenters. The van der Waals surface area contributed by atoms with E-state index in [1.807, 2.05) is 13.8 Å². The lowest BCUT2D eigenvalue weighted by molar-refractivity contribution is 1.01. The predicted octanol–water partition coefficient (Wildman–Crippen LogP) is 12.5. The second-order valence-electron chi connectivity index (χ2n) is 12.3. The highest BCUT2D eigenvalue weighted by Gasteiger charge is 2.15. The van der Waals surface area contributed by atoms with Crippen LogP contribution in [0.25, 0.3) is 82.2 Å². The highest BCUT2D eigenvalue weighted by molar-refractivity contribution is 6.16. The molecular weight excluding hydrogens is 595 g/mol. The topological polar surface area (TPSA) is 14.8 Å². The summed E-state index contributed by atoms with van der Waals surface area (Å²) in [7, 11) is 4.30. The van der Waals surface area contributed by atoms with Crippen molar-refractivity contribution < 1.29 is 0 Å². The fraction of sp³-hybridized carbons (Fsp3) is 0.0870. The summed E-state index contributed by atoms with van der Waals surface area (Å²) in [4.78, 5) is 0. The van der Waals surface area contributed by atoms with Gasteiger partial charge in [0.15, 0.2) is 0 Å². The minimum absolute atomic E-state index is 1.21. The van der Waals surface area contributed by atoms with Gasteiger partial charge in [0.05, 0.1) is 11.0 Å². The molecule has 7 aromatic carbocycles. The van der Waals surface area contributed by atoms with Crippen molar-refractivity contribution >= 4 is 65.4 Å². The summed E-state index contributed by atoms with van der Waals surface area (Å²) in [5, 5.41) is 7.89. The summed E-state index contributed by atoms with van der Waals surface area (Å²) in [6.07, 6.45) is 0. The zero-order chi connectivity index (χ0) is 33.5. The smallest absolute Gasteiger partial charge is 0.0541 e. The van der Waals surface area contributed by atoms with Crippen molar-refractivity contribution in [3.8, 4) is 16.8 Å². The van der Waals surface area contributed by atoms with Crippen LogP contribution in [0.15, 0.2) is 164 Å². The SMILES string of the molecule is CC.Cn1c2ccccc2c2cc(-c3cccc4c3c3ccccc3n4C)ccc21.c1ccc(-n2c3ccccc3c3ccccc32)cc1. The lowest BCUT2D eigenvalue weighted by Crippen LogP contribution is -1.92. The average molecular weight is 634 g/mol. The molecule has 0 bridgehead atoms. The van der Waals surface area contributed by atoms with Crippen LogP contribution < -0.4 is 0 Å². The van der Waals surface area contributed by atoms with Gasteiger partial charge in [-0.2, -0.15) is 0 Å². The summed E-state index contributed by atoms with van der Waals surface area (Å²) < 4.78 is 6.90. The lowest BCUT2D eigenvalue weighted by Gasteiger charge is -2.06. The number of rotatable bonds is 2. The van der Waals surface area contributed by atoms with Gasteiger partial charge in [0, 0.05) is 74.2 Å². The van der Waals surface area contributed by atoms with E-state index in [9.17, 15) is 0 Å². The van der Waals surface area contributed by atoms with E-state index in [0.29, 0.717) is 0 Å². The second kappa shape index (κ2) is 12.5. The predicted molar refractivity (Wildman–Crippen MR) is 212 cm³/mol. The van der Waals surface area contributed by atoms with Gasteiger partial charge in [-0.25, -0.2) is 0 Å². The first-order valence-electron chi connectivity index (χ1n) is 17.2. The Morgan fingerprint density at radius 3 is 1.43 bits per heavy atom. The fourth-order valence-electron chi connectivity index (χ4n) is 7.56. The number of hydrogen-bond acceptors (Lipinski definition) is 0. The van der Waals surface area contributed by atoms with Crippen molar-refractivity contribution in [1.29, 1.82) is 0 Å². The number of aryl methyl sites for hydroxylation is 2. The molecule has 0 radical (unpaired) electrons. The van der Waals surface area contributed by atoms with E-state index in [1.165, 1.54) is 82.2 Å². The monoisotopic (exact) mass is 633 g/mol. The molecule has 0 amide bonds. The molecule has 49 heavy (non-hydrogen) atoms. The number of para-hydroxylation sites is 5. The van der Waals surface area contributed by atoms with Crippen LogP contribution in [0.2, 0.25) is 0 Å². The Morgan fingerprint density at radius 2 is 0.796 bits per heavy atom. The van der Waals surface area contributed by atoms with Gasteiger partial charge in [-0.15, -0.1) is 0 Å². The maximum absolute atomic E-state index is 2.36. The quantitative estimate of drug-likeness (QED) is 0.180. The Hall–Kier alpha value is -6.06. The van der Waals surface area contributed by atoms with Gasteiger partial charge in [0.25, 0.3) is 0 Å². The number of aromatic nitrogens is 3. The van der Waals surface area contributed by atoms with Crippen LogP contribution in [-0.4, -0.2) is 13.7 Å². The standard InChI is InChI=1S/C26H20N2.C18H13N.C2H6/c1-27-22-11-5-3-8-19(22)21-16-17(14-15-24(21)27)18-10-7-13-25-26(18)20-9-4-6-12-23(20)28(25)2;1-2-8-14(9-3-1)19-17-12-6-4-10-15(17)16-11-5-7-13-18(16)19;1-2/h3-16H,1-2H3;1-13H;1-2H3. The van der Waals surface area contributed by atoms with Gasteiger partial charge in [-0.3, -0.25) is 0 Å². The zero-order valence-corrected chi connectivity index (χ0v) is 28.4.